The normalized spacial score (nSPS) is 12.9. The van der Waals surface area contributed by atoms with E-state index in [1.54, 1.807) is 19.1 Å². The predicted molar refractivity (Wildman–Crippen MR) is 51.7 cm³/mol. The van der Waals surface area contributed by atoms with Crippen LogP contribution in [0.1, 0.15) is 23.6 Å². The molecule has 0 saturated carbocycles. The molecule has 1 atom stereocenters. The van der Waals surface area contributed by atoms with E-state index in [0.717, 1.165) is 12.0 Å². The molecule has 0 spiro atoms. The molecule has 0 heterocycles. The first kappa shape index (κ1) is 10.2. The van der Waals surface area contributed by atoms with Gasteiger partial charge in [0, 0.05) is 6.04 Å². The zero-order chi connectivity index (χ0) is 9.84. The highest BCUT2D eigenvalue weighted by atomic mass is 19.1. The Kier molecular flexibility index (Phi) is 3.39. The third-order valence-electron chi connectivity index (χ3n) is 2.09. The lowest BCUT2D eigenvalue weighted by Gasteiger charge is -2.11. The smallest absolute Gasteiger partial charge is 0.126 e. The van der Waals surface area contributed by atoms with Crippen LogP contribution < -0.4 is 11.5 Å². The molecule has 13 heavy (non-hydrogen) atoms. The molecule has 0 saturated heterocycles. The fourth-order valence-electron chi connectivity index (χ4n) is 1.24. The van der Waals surface area contributed by atoms with E-state index in [4.69, 9.17) is 11.5 Å². The van der Waals surface area contributed by atoms with Crippen LogP contribution in [-0.4, -0.2) is 6.54 Å². The predicted octanol–water partition coefficient (Wildman–Crippen LogP) is 1.48. The van der Waals surface area contributed by atoms with Crippen molar-refractivity contribution in [3.05, 3.63) is 35.1 Å². The van der Waals surface area contributed by atoms with Gasteiger partial charge in [0.2, 0.25) is 0 Å². The van der Waals surface area contributed by atoms with Gasteiger partial charge in [-0.25, -0.2) is 4.39 Å². The molecule has 1 aromatic rings. The molecule has 0 bridgehead atoms. The maximum atomic E-state index is 12.9. The fourth-order valence-corrected chi connectivity index (χ4v) is 1.24. The highest BCUT2D eigenvalue weighted by molar-refractivity contribution is 5.26. The standard InChI is InChI=1S/C10H15FN2/c1-7-6-8(2-3-9(7)11)10(13)4-5-12/h2-3,6,10H,4-5,12-13H2,1H3/t10-/m0/s1. The van der Waals surface area contributed by atoms with Crippen LogP contribution in [0.25, 0.3) is 0 Å². The topological polar surface area (TPSA) is 52.0 Å². The van der Waals surface area contributed by atoms with Crippen LogP contribution in [0.3, 0.4) is 0 Å². The van der Waals surface area contributed by atoms with E-state index >= 15 is 0 Å². The quantitative estimate of drug-likeness (QED) is 0.744. The van der Waals surface area contributed by atoms with Gasteiger partial charge in [0.05, 0.1) is 0 Å². The van der Waals surface area contributed by atoms with Crippen LogP contribution in [-0.2, 0) is 0 Å². The lowest BCUT2D eigenvalue weighted by atomic mass is 10.0. The van der Waals surface area contributed by atoms with Crippen molar-refractivity contribution in [2.45, 2.75) is 19.4 Å². The van der Waals surface area contributed by atoms with Gasteiger partial charge in [-0.15, -0.1) is 0 Å². The van der Waals surface area contributed by atoms with Gasteiger partial charge < -0.3 is 11.5 Å². The minimum Gasteiger partial charge on any atom is -0.330 e. The van der Waals surface area contributed by atoms with Crippen LogP contribution in [0.15, 0.2) is 18.2 Å². The van der Waals surface area contributed by atoms with Gasteiger partial charge in [-0.2, -0.15) is 0 Å². The second kappa shape index (κ2) is 4.35. The Morgan fingerprint density at radius 2 is 2.15 bits per heavy atom. The zero-order valence-electron chi connectivity index (χ0n) is 7.76. The van der Waals surface area contributed by atoms with E-state index < -0.39 is 0 Å². The molecule has 0 aliphatic rings. The summed E-state index contributed by atoms with van der Waals surface area (Å²) in [7, 11) is 0. The Morgan fingerprint density at radius 1 is 1.46 bits per heavy atom. The van der Waals surface area contributed by atoms with Crippen molar-refractivity contribution in [3.63, 3.8) is 0 Å². The summed E-state index contributed by atoms with van der Waals surface area (Å²) in [5.74, 6) is -0.191. The van der Waals surface area contributed by atoms with Crippen LogP contribution in [0.2, 0.25) is 0 Å². The molecule has 72 valence electrons. The molecule has 0 unspecified atom stereocenters. The van der Waals surface area contributed by atoms with Gasteiger partial charge in [-0.3, -0.25) is 0 Å². The van der Waals surface area contributed by atoms with Crippen molar-refractivity contribution >= 4 is 0 Å². The second-order valence-corrected chi connectivity index (χ2v) is 3.19. The summed E-state index contributed by atoms with van der Waals surface area (Å²) in [4.78, 5) is 0. The molecule has 1 rings (SSSR count). The van der Waals surface area contributed by atoms with E-state index in [-0.39, 0.29) is 11.9 Å². The van der Waals surface area contributed by atoms with Crippen LogP contribution in [0.4, 0.5) is 4.39 Å². The van der Waals surface area contributed by atoms with E-state index in [0.29, 0.717) is 12.1 Å². The van der Waals surface area contributed by atoms with Crippen molar-refractivity contribution < 1.29 is 4.39 Å². The number of hydrogen-bond acceptors (Lipinski definition) is 2. The first-order valence-corrected chi connectivity index (χ1v) is 4.37. The van der Waals surface area contributed by atoms with Gasteiger partial charge in [0.15, 0.2) is 0 Å². The largest absolute Gasteiger partial charge is 0.330 e. The molecular weight excluding hydrogens is 167 g/mol. The Morgan fingerprint density at radius 3 is 2.69 bits per heavy atom. The Bertz CT molecular complexity index is 286. The molecule has 0 aliphatic carbocycles. The Labute approximate surface area is 77.7 Å². The monoisotopic (exact) mass is 182 g/mol. The van der Waals surface area contributed by atoms with Crippen molar-refractivity contribution in [2.24, 2.45) is 11.5 Å². The number of halogens is 1. The molecule has 0 fully saturated rings. The summed E-state index contributed by atoms with van der Waals surface area (Å²) < 4.78 is 12.9. The van der Waals surface area contributed by atoms with Crippen LogP contribution >= 0.6 is 0 Å². The van der Waals surface area contributed by atoms with E-state index in [1.807, 2.05) is 0 Å². The maximum Gasteiger partial charge on any atom is 0.126 e. The highest BCUT2D eigenvalue weighted by Gasteiger charge is 2.06. The number of aryl methyl sites for hydroxylation is 1. The molecule has 0 amide bonds. The number of rotatable bonds is 3. The summed E-state index contributed by atoms with van der Waals surface area (Å²) in [5, 5.41) is 0. The molecule has 4 N–H and O–H groups in total. The van der Waals surface area contributed by atoms with Crippen LogP contribution in [0, 0.1) is 12.7 Å². The minimum atomic E-state index is -0.191. The fraction of sp³-hybridized carbons (Fsp3) is 0.400. The molecule has 2 nitrogen and oxygen atoms in total. The maximum absolute atomic E-state index is 12.9. The van der Waals surface area contributed by atoms with Crippen molar-refractivity contribution in [1.82, 2.24) is 0 Å². The summed E-state index contributed by atoms with van der Waals surface area (Å²) in [6, 6.07) is 4.85. The Balaban J connectivity index is 2.84. The number of hydrogen-bond donors (Lipinski definition) is 2. The van der Waals surface area contributed by atoms with Gasteiger partial charge in [-0.05, 0) is 37.1 Å². The van der Waals surface area contributed by atoms with Gasteiger partial charge in [-0.1, -0.05) is 12.1 Å². The SMILES string of the molecule is Cc1cc([C@@H](N)CCN)ccc1F. The first-order chi connectivity index (χ1) is 6.15. The molecule has 3 heteroatoms. The number of benzene rings is 1. The third-order valence-corrected chi connectivity index (χ3v) is 2.09. The van der Waals surface area contributed by atoms with Gasteiger partial charge >= 0.3 is 0 Å². The molecular formula is C10H15FN2. The Hall–Kier alpha value is -0.930. The van der Waals surface area contributed by atoms with E-state index in [1.165, 1.54) is 6.07 Å². The van der Waals surface area contributed by atoms with E-state index in [9.17, 15) is 4.39 Å². The minimum absolute atomic E-state index is 0.0794. The average molecular weight is 182 g/mol. The summed E-state index contributed by atoms with van der Waals surface area (Å²) in [6.45, 7) is 2.28. The molecule has 0 aliphatic heterocycles. The molecule has 0 aromatic heterocycles. The first-order valence-electron chi connectivity index (χ1n) is 4.37. The van der Waals surface area contributed by atoms with Gasteiger partial charge in [0.25, 0.3) is 0 Å². The molecule has 0 radical (unpaired) electrons. The zero-order valence-corrected chi connectivity index (χ0v) is 7.76. The second-order valence-electron chi connectivity index (χ2n) is 3.19. The third kappa shape index (κ3) is 2.50. The van der Waals surface area contributed by atoms with Crippen LogP contribution in [0.5, 0.6) is 0 Å². The lowest BCUT2D eigenvalue weighted by Crippen LogP contribution is -2.15. The molecule has 1 aromatic carbocycles. The summed E-state index contributed by atoms with van der Waals surface area (Å²) in [6.07, 6.45) is 0.727. The summed E-state index contributed by atoms with van der Waals surface area (Å²) in [5.41, 5.74) is 12.8. The summed E-state index contributed by atoms with van der Waals surface area (Å²) >= 11 is 0. The van der Waals surface area contributed by atoms with Crippen molar-refractivity contribution in [1.29, 1.82) is 0 Å². The van der Waals surface area contributed by atoms with E-state index in [2.05, 4.69) is 0 Å². The lowest BCUT2D eigenvalue weighted by molar-refractivity contribution is 0.611. The van der Waals surface area contributed by atoms with Crippen molar-refractivity contribution in [3.8, 4) is 0 Å². The highest BCUT2D eigenvalue weighted by Crippen LogP contribution is 2.16. The van der Waals surface area contributed by atoms with Crippen molar-refractivity contribution in [2.75, 3.05) is 6.54 Å². The number of nitrogens with two attached hydrogens (primary N) is 2. The van der Waals surface area contributed by atoms with Gasteiger partial charge in [0.1, 0.15) is 5.82 Å². The average Bonchev–Trinajstić information content (AvgIpc) is 2.10.